The second kappa shape index (κ2) is 13.0. The number of aromatic nitrogens is 4. The quantitative estimate of drug-likeness (QED) is 0.120. The number of phenolic OH excluding ortho intramolecular Hbond substituents is 1. The maximum atomic E-state index is 15.0. The van der Waals surface area contributed by atoms with Crippen molar-refractivity contribution in [3.8, 4) is 22.6 Å². The average Bonchev–Trinajstić information content (AvgIpc) is 3.74. The Morgan fingerprint density at radius 3 is 2.45 bits per heavy atom. The Balaban J connectivity index is 1.38. The van der Waals surface area contributed by atoms with Gasteiger partial charge >= 0.3 is 5.97 Å². The lowest BCUT2D eigenvalue weighted by Gasteiger charge is -2.34. The fourth-order valence-corrected chi connectivity index (χ4v) is 7.94. The van der Waals surface area contributed by atoms with Crippen LogP contribution in [0.2, 0.25) is 10.0 Å². The second-order valence-electron chi connectivity index (χ2n) is 13.4. The van der Waals surface area contributed by atoms with Crippen LogP contribution in [0.1, 0.15) is 68.4 Å². The summed E-state index contributed by atoms with van der Waals surface area (Å²) in [5, 5.41) is 18.3. The molecule has 0 unspecified atom stereocenters. The maximum absolute atomic E-state index is 15.0. The number of methoxy groups -OCH3 is 1. The molecule has 1 atom stereocenters. The van der Waals surface area contributed by atoms with Crippen LogP contribution >= 0.6 is 23.2 Å². The number of hydrogen-bond donors (Lipinski definition) is 2. The number of rotatable bonds is 8. The van der Waals surface area contributed by atoms with E-state index in [4.69, 9.17) is 37.8 Å². The zero-order valence-corrected chi connectivity index (χ0v) is 31.1. The first kappa shape index (κ1) is 34.5. The van der Waals surface area contributed by atoms with E-state index in [0.717, 1.165) is 60.9 Å². The van der Waals surface area contributed by atoms with E-state index >= 15 is 0 Å². The van der Waals surface area contributed by atoms with Gasteiger partial charge in [-0.1, -0.05) is 29.3 Å². The average molecular weight is 729 g/mol. The third kappa shape index (κ3) is 5.70. The molecule has 0 saturated carbocycles. The maximum Gasteiger partial charge on any atom is 0.354 e. The van der Waals surface area contributed by atoms with Gasteiger partial charge in [-0.15, -0.1) is 0 Å². The lowest BCUT2D eigenvalue weighted by atomic mass is 9.98. The van der Waals surface area contributed by atoms with Crippen LogP contribution in [0, 0.1) is 27.7 Å². The number of carbonyl (C=O) groups is 2. The number of carbonyl (C=O) groups excluding carboxylic acids is 2. The fraction of sp³-hybridized carbons (Fsp3) is 0.308. The Kier molecular flexibility index (Phi) is 8.80. The smallest absolute Gasteiger partial charge is 0.354 e. The van der Waals surface area contributed by atoms with Crippen molar-refractivity contribution in [3.63, 3.8) is 0 Å². The molecule has 0 radical (unpaired) electrons. The van der Waals surface area contributed by atoms with E-state index in [2.05, 4.69) is 16.5 Å². The fourth-order valence-electron chi connectivity index (χ4n) is 7.58. The molecule has 3 aromatic heterocycles. The summed E-state index contributed by atoms with van der Waals surface area (Å²) < 4.78 is 15.1. The van der Waals surface area contributed by atoms with E-state index in [0.29, 0.717) is 53.3 Å². The summed E-state index contributed by atoms with van der Waals surface area (Å²) in [6.07, 6.45) is 1.18. The molecule has 12 heteroatoms. The minimum atomic E-state index is -0.547. The van der Waals surface area contributed by atoms with Crippen molar-refractivity contribution >= 4 is 62.6 Å². The summed E-state index contributed by atoms with van der Waals surface area (Å²) in [7, 11) is 3.22. The van der Waals surface area contributed by atoms with Crippen LogP contribution in [-0.4, -0.2) is 56.6 Å². The van der Waals surface area contributed by atoms with Gasteiger partial charge in [0.1, 0.15) is 22.9 Å². The topological polar surface area (TPSA) is 115 Å². The van der Waals surface area contributed by atoms with E-state index in [9.17, 15) is 14.7 Å². The van der Waals surface area contributed by atoms with Crippen molar-refractivity contribution in [1.29, 1.82) is 0 Å². The molecular formula is C39H39Cl2N5O5. The van der Waals surface area contributed by atoms with Gasteiger partial charge in [0.15, 0.2) is 0 Å². The Hall–Kier alpha value is -4.93. The van der Waals surface area contributed by atoms with Crippen molar-refractivity contribution in [2.45, 2.75) is 53.5 Å². The van der Waals surface area contributed by atoms with E-state index in [1.165, 1.54) is 7.11 Å². The van der Waals surface area contributed by atoms with Gasteiger partial charge < -0.3 is 29.0 Å². The highest BCUT2D eigenvalue weighted by atomic mass is 35.5. The molecule has 2 N–H and O–H groups in total. The van der Waals surface area contributed by atoms with Crippen molar-refractivity contribution in [1.82, 2.24) is 19.3 Å². The van der Waals surface area contributed by atoms with Crippen molar-refractivity contribution in [2.75, 3.05) is 25.2 Å². The molecular weight excluding hydrogens is 689 g/mol. The zero-order chi connectivity index (χ0) is 36.5. The predicted molar refractivity (Wildman–Crippen MR) is 201 cm³/mol. The molecule has 7 rings (SSSR count). The molecule has 1 aliphatic heterocycles. The molecule has 6 aromatic rings. The molecule has 264 valence electrons. The van der Waals surface area contributed by atoms with Crippen LogP contribution in [0.4, 0.5) is 5.69 Å². The first-order valence-corrected chi connectivity index (χ1v) is 17.6. The van der Waals surface area contributed by atoms with Crippen molar-refractivity contribution in [2.24, 2.45) is 7.05 Å². The summed E-state index contributed by atoms with van der Waals surface area (Å²) in [6.45, 7) is 10.7. The number of nitrogens with one attached hydrogen (secondary N) is 1. The van der Waals surface area contributed by atoms with Gasteiger partial charge in [-0.05, 0) is 94.5 Å². The number of anilines is 1. The molecule has 10 nitrogen and oxygen atoms in total. The molecule has 3 aromatic carbocycles. The highest BCUT2D eigenvalue weighted by molar-refractivity contribution is 6.35. The van der Waals surface area contributed by atoms with Crippen LogP contribution < -0.4 is 9.64 Å². The van der Waals surface area contributed by atoms with Crippen LogP contribution in [-0.2, 0) is 18.2 Å². The molecule has 1 aliphatic rings. The van der Waals surface area contributed by atoms with Gasteiger partial charge in [-0.3, -0.25) is 9.48 Å². The van der Waals surface area contributed by atoms with Gasteiger partial charge in [0.05, 0.1) is 41.2 Å². The van der Waals surface area contributed by atoms with Gasteiger partial charge in [-0.2, -0.15) is 5.10 Å². The molecule has 0 saturated heterocycles. The number of nitrogens with zero attached hydrogens (tertiary/aromatic N) is 4. The first-order chi connectivity index (χ1) is 24.3. The van der Waals surface area contributed by atoms with Crippen molar-refractivity contribution < 1.29 is 24.2 Å². The standard InChI is InChI=1S/C39H39Cl2N5O5/c1-19-13-26(14-20(2)34(19)41)51-12-8-9-27-28-10-11-29(40)33(32-22(4)43-44(6)23(32)5)36(28)46-21(3)18-45(38(48)37(27)46)31-17-25(47)15-24-16-30(39(49)50-7)42-35(24)31/h10-11,13-17,21,42,47H,8-9,12,18H2,1-7H3/t21-/m1/s1. The summed E-state index contributed by atoms with van der Waals surface area (Å²) in [5.74, 6) is -0.0575. The second-order valence-corrected chi connectivity index (χ2v) is 14.2. The van der Waals surface area contributed by atoms with Gasteiger partial charge in [0.2, 0.25) is 0 Å². The number of amides is 1. The summed E-state index contributed by atoms with van der Waals surface area (Å²) in [4.78, 5) is 32.2. The highest BCUT2D eigenvalue weighted by Crippen LogP contribution is 2.46. The lowest BCUT2D eigenvalue weighted by molar-refractivity contribution is 0.0595. The van der Waals surface area contributed by atoms with Crippen LogP contribution in [0.3, 0.4) is 0 Å². The largest absolute Gasteiger partial charge is 0.508 e. The molecule has 0 aliphatic carbocycles. The third-order valence-electron chi connectivity index (χ3n) is 9.95. The number of benzene rings is 3. The lowest BCUT2D eigenvalue weighted by Crippen LogP contribution is -2.42. The monoisotopic (exact) mass is 727 g/mol. The van der Waals surface area contributed by atoms with E-state index < -0.39 is 5.97 Å². The van der Waals surface area contributed by atoms with Crippen molar-refractivity contribution in [3.05, 3.63) is 92.0 Å². The SMILES string of the molecule is COC(=O)c1cc2cc(O)cc(N3C[C@@H](C)n4c(c(CCCOc5cc(C)c(Cl)c(C)c5)c5ccc(Cl)c(-c6c(C)nn(C)c6C)c54)C3=O)c2[nH]1. The number of ether oxygens (including phenoxy) is 2. The minimum absolute atomic E-state index is 0.0267. The molecule has 1 amide bonds. The Bertz CT molecular complexity index is 2380. The first-order valence-electron chi connectivity index (χ1n) is 16.8. The number of phenols is 1. The van der Waals surface area contributed by atoms with E-state index in [1.807, 2.05) is 63.7 Å². The number of aryl methyl sites for hydroxylation is 5. The van der Waals surface area contributed by atoms with Gasteiger partial charge in [0, 0.05) is 58.3 Å². The van der Waals surface area contributed by atoms with E-state index in [1.54, 1.807) is 23.1 Å². The summed E-state index contributed by atoms with van der Waals surface area (Å²) in [5.41, 5.74) is 9.03. The molecule has 4 heterocycles. The molecule has 51 heavy (non-hydrogen) atoms. The predicted octanol–water partition coefficient (Wildman–Crippen LogP) is 8.79. The summed E-state index contributed by atoms with van der Waals surface area (Å²) >= 11 is 13.4. The van der Waals surface area contributed by atoms with Crippen LogP contribution in [0.5, 0.6) is 11.5 Å². The number of hydrogen-bond acceptors (Lipinski definition) is 6. The van der Waals surface area contributed by atoms with Gasteiger partial charge in [-0.25, -0.2) is 4.79 Å². The Morgan fingerprint density at radius 1 is 1.06 bits per heavy atom. The minimum Gasteiger partial charge on any atom is -0.508 e. The van der Waals surface area contributed by atoms with E-state index in [-0.39, 0.29) is 23.4 Å². The van der Waals surface area contributed by atoms with Gasteiger partial charge in [0.25, 0.3) is 5.91 Å². The van der Waals surface area contributed by atoms with Crippen LogP contribution in [0.25, 0.3) is 32.9 Å². The number of aromatic amines is 1. The molecule has 0 bridgehead atoms. The normalized spacial score (nSPS) is 14.5. The number of halogens is 2. The highest BCUT2D eigenvalue weighted by Gasteiger charge is 2.37. The number of fused-ring (bicyclic) bond motifs is 4. The zero-order valence-electron chi connectivity index (χ0n) is 29.6. The molecule has 0 spiro atoms. The number of H-pyrrole nitrogens is 1. The third-order valence-corrected chi connectivity index (χ3v) is 10.9. The summed E-state index contributed by atoms with van der Waals surface area (Å²) in [6, 6.07) is 12.3. The Morgan fingerprint density at radius 2 is 1.78 bits per heavy atom. The Labute approximate surface area is 305 Å². The van der Waals surface area contributed by atoms with Crippen LogP contribution in [0.15, 0.2) is 42.5 Å². The number of aromatic hydroxyl groups is 1. The number of esters is 1. The molecule has 0 fully saturated rings.